The van der Waals surface area contributed by atoms with Crippen molar-refractivity contribution in [3.05, 3.63) is 66.7 Å². The average Bonchev–Trinajstić information content (AvgIpc) is 3.27. The molecule has 0 atom stereocenters. The van der Waals surface area contributed by atoms with Crippen molar-refractivity contribution >= 4 is 57.6 Å². The zero-order valence-corrected chi connectivity index (χ0v) is 23.6. The molecule has 8 heteroatoms. The molecule has 0 spiro atoms. The van der Waals surface area contributed by atoms with Crippen molar-refractivity contribution in [3.8, 4) is 27.7 Å². The lowest BCUT2D eigenvalue weighted by Crippen LogP contribution is -2.33. The fraction of sp³-hybridized carbons (Fsp3) is 0.310. The van der Waals surface area contributed by atoms with Crippen LogP contribution in [0.5, 0.6) is 17.2 Å². The Labute approximate surface area is 235 Å². The summed E-state index contributed by atoms with van der Waals surface area (Å²) in [5.74, 6) is 2.61. The van der Waals surface area contributed by atoms with E-state index < -0.39 is 0 Å². The number of likely N-dealkylation sites (tertiary alicyclic amines) is 1. The van der Waals surface area contributed by atoms with Gasteiger partial charge < -0.3 is 19.5 Å². The van der Waals surface area contributed by atoms with E-state index in [0.717, 1.165) is 47.3 Å². The van der Waals surface area contributed by atoms with Crippen LogP contribution in [0.1, 0.15) is 19.3 Å². The highest BCUT2D eigenvalue weighted by Gasteiger charge is 2.16. The zero-order valence-electron chi connectivity index (χ0n) is 21.2. The molecule has 1 N–H and O–H groups in total. The van der Waals surface area contributed by atoms with Crippen molar-refractivity contribution in [3.63, 3.8) is 0 Å². The normalized spacial score (nSPS) is 13.4. The summed E-state index contributed by atoms with van der Waals surface area (Å²) in [7, 11) is 3.39. The first-order valence-corrected chi connectivity index (χ1v) is 13.0. The Hall–Kier alpha value is -2.64. The quantitative estimate of drug-likeness (QED) is 0.224. The number of methoxy groups -OCH3 is 2. The van der Waals surface area contributed by atoms with Crippen LogP contribution in [-0.2, 0) is 0 Å². The van der Waals surface area contributed by atoms with E-state index >= 15 is 0 Å². The van der Waals surface area contributed by atoms with Gasteiger partial charge in [-0.15, -0.1) is 36.2 Å². The Balaban J connectivity index is 0.00000190. The fourth-order valence-corrected chi connectivity index (χ4v) is 5.72. The Bertz CT molecular complexity index is 1260. The molecule has 0 unspecified atom stereocenters. The summed E-state index contributed by atoms with van der Waals surface area (Å²) in [4.78, 5) is 3.68. The van der Waals surface area contributed by atoms with Crippen LogP contribution in [0.15, 0.2) is 66.7 Å². The predicted molar refractivity (Wildman–Crippen MR) is 160 cm³/mol. The summed E-state index contributed by atoms with van der Waals surface area (Å²) in [5.41, 5.74) is 3.27. The van der Waals surface area contributed by atoms with Gasteiger partial charge in [0.1, 0.15) is 23.9 Å². The minimum atomic E-state index is 0. The summed E-state index contributed by atoms with van der Waals surface area (Å²) in [6, 6.07) is 22.7. The molecule has 1 aliphatic heterocycles. The molecule has 0 bridgehead atoms. The number of benzene rings is 3. The molecule has 0 saturated carbocycles. The number of fused-ring (bicyclic) bond motifs is 1. The van der Waals surface area contributed by atoms with Crippen molar-refractivity contribution in [1.29, 1.82) is 0 Å². The standard InChI is InChI=1S/C29H32N2O3S.2ClH/c1-32-23-10-6-21(7-11-23)29-28(26-15-14-25(33-2)20-27(26)35-29)30-22-8-12-24(13-9-22)34-19-18-31-16-4-3-5-17-31;;/h6-15,20,30H,3-5,16-19H2,1-2H3;2*1H. The lowest BCUT2D eigenvalue weighted by atomic mass is 10.1. The van der Waals surface area contributed by atoms with Crippen LogP contribution < -0.4 is 19.5 Å². The number of piperidine rings is 1. The molecule has 0 amide bonds. The molecule has 1 fully saturated rings. The van der Waals surface area contributed by atoms with Gasteiger partial charge in [-0.05, 0) is 98.2 Å². The van der Waals surface area contributed by atoms with Crippen LogP contribution in [0.2, 0.25) is 0 Å². The van der Waals surface area contributed by atoms with Crippen LogP contribution in [-0.4, -0.2) is 45.4 Å². The summed E-state index contributed by atoms with van der Waals surface area (Å²) in [6.45, 7) is 4.12. The number of anilines is 2. The number of rotatable bonds is 9. The Kier molecular flexibility index (Phi) is 10.8. The molecule has 1 saturated heterocycles. The van der Waals surface area contributed by atoms with Crippen LogP contribution >= 0.6 is 36.2 Å². The Morgan fingerprint density at radius 3 is 2.11 bits per heavy atom. The zero-order chi connectivity index (χ0) is 24.0. The van der Waals surface area contributed by atoms with Crippen molar-refractivity contribution < 1.29 is 14.2 Å². The number of ether oxygens (including phenoxy) is 3. The van der Waals surface area contributed by atoms with Gasteiger partial charge in [0.2, 0.25) is 0 Å². The maximum atomic E-state index is 6.02. The molecule has 2 heterocycles. The lowest BCUT2D eigenvalue weighted by molar-refractivity contribution is 0.183. The van der Waals surface area contributed by atoms with Gasteiger partial charge >= 0.3 is 0 Å². The summed E-state index contributed by atoms with van der Waals surface area (Å²) < 4.78 is 18.0. The van der Waals surface area contributed by atoms with E-state index in [0.29, 0.717) is 0 Å². The molecular formula is C29H34Cl2N2O3S. The van der Waals surface area contributed by atoms with Crippen LogP contribution in [0.25, 0.3) is 20.5 Å². The molecule has 0 aliphatic carbocycles. The van der Waals surface area contributed by atoms with Gasteiger partial charge in [-0.25, -0.2) is 0 Å². The second-order valence-corrected chi connectivity index (χ2v) is 9.85. The first kappa shape index (κ1) is 28.9. The molecule has 37 heavy (non-hydrogen) atoms. The maximum absolute atomic E-state index is 6.02. The van der Waals surface area contributed by atoms with Crippen LogP contribution in [0, 0.1) is 0 Å². The van der Waals surface area contributed by atoms with Crippen molar-refractivity contribution in [2.45, 2.75) is 19.3 Å². The van der Waals surface area contributed by atoms with E-state index in [4.69, 9.17) is 14.2 Å². The SMILES string of the molecule is COc1ccc(-c2sc3cc(OC)ccc3c2Nc2ccc(OCCN3CCCCC3)cc2)cc1.Cl.Cl. The third-order valence-electron chi connectivity index (χ3n) is 6.50. The largest absolute Gasteiger partial charge is 0.497 e. The molecule has 0 radical (unpaired) electrons. The molecule has 5 rings (SSSR count). The lowest BCUT2D eigenvalue weighted by Gasteiger charge is -2.26. The highest BCUT2D eigenvalue weighted by molar-refractivity contribution is 7.23. The fourth-order valence-electron chi connectivity index (χ4n) is 4.53. The number of nitrogens with one attached hydrogen (secondary N) is 1. The van der Waals surface area contributed by atoms with Gasteiger partial charge in [-0.3, -0.25) is 4.90 Å². The van der Waals surface area contributed by atoms with Crippen LogP contribution in [0.3, 0.4) is 0 Å². The second-order valence-electron chi connectivity index (χ2n) is 8.80. The molecular weight excluding hydrogens is 527 g/mol. The summed E-state index contributed by atoms with van der Waals surface area (Å²) >= 11 is 1.75. The molecule has 3 aromatic carbocycles. The minimum absolute atomic E-state index is 0. The number of nitrogens with zero attached hydrogens (tertiary/aromatic N) is 1. The predicted octanol–water partition coefficient (Wildman–Crippen LogP) is 8.04. The van der Waals surface area contributed by atoms with E-state index in [1.807, 2.05) is 30.3 Å². The van der Waals surface area contributed by atoms with E-state index in [1.54, 1.807) is 25.6 Å². The van der Waals surface area contributed by atoms with E-state index in [9.17, 15) is 0 Å². The highest BCUT2D eigenvalue weighted by Crippen LogP contribution is 2.45. The van der Waals surface area contributed by atoms with E-state index in [2.05, 4.69) is 46.6 Å². The van der Waals surface area contributed by atoms with Gasteiger partial charge in [0.05, 0.1) is 24.8 Å². The van der Waals surface area contributed by atoms with Crippen molar-refractivity contribution in [2.24, 2.45) is 0 Å². The Morgan fingerprint density at radius 2 is 1.43 bits per heavy atom. The molecule has 198 valence electrons. The number of thiophene rings is 1. The number of hydrogen-bond acceptors (Lipinski definition) is 6. The van der Waals surface area contributed by atoms with Gasteiger partial charge in [-0.1, -0.05) is 6.42 Å². The van der Waals surface area contributed by atoms with Crippen molar-refractivity contribution in [2.75, 3.05) is 45.8 Å². The first-order valence-electron chi connectivity index (χ1n) is 12.2. The van der Waals surface area contributed by atoms with Gasteiger partial charge in [0.15, 0.2) is 0 Å². The smallest absolute Gasteiger partial charge is 0.120 e. The minimum Gasteiger partial charge on any atom is -0.497 e. The monoisotopic (exact) mass is 560 g/mol. The van der Waals surface area contributed by atoms with Gasteiger partial charge in [0, 0.05) is 22.3 Å². The molecule has 1 aliphatic rings. The second kappa shape index (κ2) is 13.8. The average molecular weight is 562 g/mol. The third kappa shape index (κ3) is 7.02. The number of hydrogen-bond donors (Lipinski definition) is 1. The Morgan fingerprint density at radius 1 is 0.784 bits per heavy atom. The third-order valence-corrected chi connectivity index (χ3v) is 7.70. The van der Waals surface area contributed by atoms with E-state index in [-0.39, 0.29) is 24.8 Å². The van der Waals surface area contributed by atoms with Gasteiger partial charge in [0.25, 0.3) is 0 Å². The topological polar surface area (TPSA) is 43.0 Å². The van der Waals surface area contributed by atoms with Crippen LogP contribution in [0.4, 0.5) is 11.4 Å². The molecule has 1 aromatic heterocycles. The number of halogens is 2. The summed E-state index contributed by atoms with van der Waals surface area (Å²) in [6.07, 6.45) is 3.98. The maximum Gasteiger partial charge on any atom is 0.120 e. The first-order chi connectivity index (χ1) is 17.2. The summed E-state index contributed by atoms with van der Waals surface area (Å²) in [5, 5.41) is 4.84. The molecule has 4 aromatic rings. The van der Waals surface area contributed by atoms with E-state index in [1.165, 1.54) is 47.3 Å². The van der Waals surface area contributed by atoms with Crippen molar-refractivity contribution in [1.82, 2.24) is 4.90 Å². The molecule has 5 nitrogen and oxygen atoms in total. The highest BCUT2D eigenvalue weighted by atomic mass is 35.5. The van der Waals surface area contributed by atoms with Gasteiger partial charge in [-0.2, -0.15) is 0 Å².